The van der Waals surface area contributed by atoms with Gasteiger partial charge in [-0.3, -0.25) is 0 Å². The van der Waals surface area contributed by atoms with Crippen molar-refractivity contribution in [3.8, 4) is 11.5 Å². The number of hydrogen-bond acceptors (Lipinski definition) is 7. The molecule has 0 aromatic heterocycles. The fourth-order valence-corrected chi connectivity index (χ4v) is 3.64. The number of esters is 2. The molecule has 0 N–H and O–H groups in total. The molecule has 2 aromatic rings. The van der Waals surface area contributed by atoms with Crippen molar-refractivity contribution < 1.29 is 28.5 Å². The van der Waals surface area contributed by atoms with E-state index in [2.05, 4.69) is 0 Å². The Kier molecular flexibility index (Phi) is 8.13. The molecule has 0 unspecified atom stereocenters. The summed E-state index contributed by atoms with van der Waals surface area (Å²) < 4.78 is 22.1. The molecule has 0 spiro atoms. The summed E-state index contributed by atoms with van der Waals surface area (Å²) in [6.07, 6.45) is 3.33. The molecule has 0 radical (unpaired) electrons. The average molecular weight is 452 g/mol. The Hall–Kier alpha value is -3.74. The Morgan fingerprint density at radius 2 is 1.48 bits per heavy atom. The fourth-order valence-electron chi connectivity index (χ4n) is 3.64. The Bertz CT molecular complexity index is 1010. The van der Waals surface area contributed by atoms with Gasteiger partial charge in [0.2, 0.25) is 0 Å². The molecule has 33 heavy (non-hydrogen) atoms. The van der Waals surface area contributed by atoms with Gasteiger partial charge >= 0.3 is 11.9 Å². The molecular weight excluding hydrogens is 422 g/mol. The molecule has 0 atom stereocenters. The van der Waals surface area contributed by atoms with Crippen molar-refractivity contribution in [3.63, 3.8) is 0 Å². The Morgan fingerprint density at radius 1 is 0.879 bits per heavy atom. The molecule has 1 heterocycles. The summed E-state index contributed by atoms with van der Waals surface area (Å²) in [4.78, 5) is 27.2. The summed E-state index contributed by atoms with van der Waals surface area (Å²) in [6.45, 7) is 4.31. The highest BCUT2D eigenvalue weighted by Gasteiger charge is 2.35. The summed E-state index contributed by atoms with van der Waals surface area (Å²) in [7, 11) is 3.29. The minimum atomic E-state index is -0.670. The van der Waals surface area contributed by atoms with Crippen LogP contribution in [0.3, 0.4) is 0 Å². The van der Waals surface area contributed by atoms with E-state index in [4.69, 9.17) is 18.9 Å². The van der Waals surface area contributed by atoms with Gasteiger partial charge < -0.3 is 23.8 Å². The van der Waals surface area contributed by atoms with Crippen LogP contribution >= 0.6 is 0 Å². The summed E-state index contributed by atoms with van der Waals surface area (Å²) in [5.41, 5.74) is 2.39. The Labute approximate surface area is 194 Å². The van der Waals surface area contributed by atoms with Crippen LogP contribution in [-0.2, 0) is 25.7 Å². The van der Waals surface area contributed by atoms with Crippen LogP contribution in [0.1, 0.15) is 30.9 Å². The van der Waals surface area contributed by atoms with Crippen molar-refractivity contribution >= 4 is 11.9 Å². The predicted octanol–water partition coefficient (Wildman–Crippen LogP) is 4.20. The largest absolute Gasteiger partial charge is 0.493 e. The molecule has 0 aliphatic carbocycles. The molecular formula is C26H29NO6. The number of ether oxygens (including phenoxy) is 4. The number of rotatable bonds is 9. The number of nitrogens with zero attached hydrogens (tertiary/aromatic N) is 1. The maximum atomic E-state index is 12.8. The minimum Gasteiger partial charge on any atom is -0.493 e. The number of methoxy groups -OCH3 is 1. The van der Waals surface area contributed by atoms with Crippen molar-refractivity contribution in [1.29, 1.82) is 0 Å². The lowest BCUT2D eigenvalue weighted by atomic mass is 9.83. The maximum Gasteiger partial charge on any atom is 0.336 e. The second kappa shape index (κ2) is 11.2. The smallest absolute Gasteiger partial charge is 0.336 e. The van der Waals surface area contributed by atoms with Crippen LogP contribution in [-0.4, -0.2) is 44.2 Å². The van der Waals surface area contributed by atoms with Gasteiger partial charge in [0, 0.05) is 19.4 Å². The van der Waals surface area contributed by atoms with Gasteiger partial charge in [0.05, 0.1) is 37.4 Å². The molecule has 7 nitrogen and oxygen atoms in total. The lowest BCUT2D eigenvalue weighted by Crippen LogP contribution is -2.28. The number of benzene rings is 2. The third-order valence-electron chi connectivity index (χ3n) is 5.09. The highest BCUT2D eigenvalue weighted by molar-refractivity contribution is 5.98. The lowest BCUT2D eigenvalue weighted by Gasteiger charge is -2.28. The molecule has 3 rings (SSSR count). The van der Waals surface area contributed by atoms with E-state index >= 15 is 0 Å². The zero-order valence-electron chi connectivity index (χ0n) is 19.4. The van der Waals surface area contributed by atoms with Crippen molar-refractivity contribution in [2.24, 2.45) is 0 Å². The van der Waals surface area contributed by atoms with Crippen LogP contribution in [0.4, 0.5) is 0 Å². The van der Waals surface area contributed by atoms with E-state index in [0.717, 1.165) is 5.56 Å². The highest BCUT2D eigenvalue weighted by Crippen LogP contribution is 2.40. The molecule has 0 saturated heterocycles. The van der Waals surface area contributed by atoms with E-state index < -0.39 is 17.9 Å². The summed E-state index contributed by atoms with van der Waals surface area (Å²) in [5.74, 6) is -0.605. The van der Waals surface area contributed by atoms with Crippen molar-refractivity contribution in [1.82, 2.24) is 4.90 Å². The van der Waals surface area contributed by atoms with Gasteiger partial charge in [0.15, 0.2) is 11.5 Å². The van der Waals surface area contributed by atoms with Gasteiger partial charge in [0.1, 0.15) is 6.61 Å². The average Bonchev–Trinajstić information content (AvgIpc) is 2.83. The molecule has 174 valence electrons. The van der Waals surface area contributed by atoms with Crippen LogP contribution in [0.2, 0.25) is 0 Å². The van der Waals surface area contributed by atoms with Crippen molar-refractivity contribution in [3.05, 3.63) is 83.2 Å². The summed E-state index contributed by atoms with van der Waals surface area (Å²) in [5, 5.41) is 0. The zero-order valence-corrected chi connectivity index (χ0v) is 19.4. The Morgan fingerprint density at radius 3 is 2.03 bits per heavy atom. The Balaban J connectivity index is 1.97. The van der Waals surface area contributed by atoms with Crippen LogP contribution in [0, 0.1) is 0 Å². The molecule has 1 aliphatic heterocycles. The summed E-state index contributed by atoms with van der Waals surface area (Å²) in [6, 6.07) is 15.2. The van der Waals surface area contributed by atoms with Gasteiger partial charge in [0.25, 0.3) is 0 Å². The van der Waals surface area contributed by atoms with Gasteiger partial charge in [-0.05, 0) is 37.1 Å². The van der Waals surface area contributed by atoms with Crippen molar-refractivity contribution in [2.75, 3.05) is 27.4 Å². The fraction of sp³-hybridized carbons (Fsp3) is 0.308. The highest BCUT2D eigenvalue weighted by atomic mass is 16.5. The first-order valence-corrected chi connectivity index (χ1v) is 10.8. The first-order chi connectivity index (χ1) is 16.0. The molecule has 1 aliphatic rings. The molecule has 2 aromatic carbocycles. The van der Waals surface area contributed by atoms with Gasteiger partial charge in [-0.15, -0.1) is 0 Å². The van der Waals surface area contributed by atoms with Crippen molar-refractivity contribution in [2.45, 2.75) is 26.4 Å². The quantitative estimate of drug-likeness (QED) is 0.529. The zero-order chi connectivity index (χ0) is 23.8. The van der Waals surface area contributed by atoms with E-state index in [-0.39, 0.29) is 13.2 Å². The predicted molar refractivity (Wildman–Crippen MR) is 124 cm³/mol. The normalized spacial score (nSPS) is 13.6. The van der Waals surface area contributed by atoms with Gasteiger partial charge in [-0.2, -0.15) is 0 Å². The van der Waals surface area contributed by atoms with Gasteiger partial charge in [-0.1, -0.05) is 36.4 Å². The molecule has 7 heteroatoms. The first kappa shape index (κ1) is 23.9. The molecule has 0 saturated carbocycles. The van der Waals surface area contributed by atoms with Crippen LogP contribution < -0.4 is 9.47 Å². The molecule has 0 fully saturated rings. The third kappa shape index (κ3) is 5.74. The lowest BCUT2D eigenvalue weighted by molar-refractivity contribution is -0.139. The van der Waals surface area contributed by atoms with Crippen LogP contribution in [0.15, 0.2) is 72.1 Å². The monoisotopic (exact) mass is 451 g/mol. The SMILES string of the molecule is CCOC(=O)C1=CN(C)C=C(C(=O)OCC)C1c1ccc(OCc2ccccc2)c(OC)c1. The second-order valence-electron chi connectivity index (χ2n) is 7.39. The summed E-state index contributed by atoms with van der Waals surface area (Å²) >= 11 is 0. The topological polar surface area (TPSA) is 74.3 Å². The van der Waals surface area contributed by atoms with E-state index in [1.54, 1.807) is 57.4 Å². The number of carbonyl (C=O) groups is 2. The first-order valence-electron chi connectivity index (χ1n) is 10.8. The van der Waals surface area contributed by atoms with Gasteiger partial charge in [-0.25, -0.2) is 9.59 Å². The van der Waals surface area contributed by atoms with Crippen LogP contribution in [0.25, 0.3) is 0 Å². The molecule has 0 bridgehead atoms. The third-order valence-corrected chi connectivity index (χ3v) is 5.09. The number of hydrogen-bond donors (Lipinski definition) is 0. The minimum absolute atomic E-state index is 0.223. The van der Waals surface area contributed by atoms with E-state index in [1.165, 1.54) is 0 Å². The molecule has 0 amide bonds. The maximum absolute atomic E-state index is 12.8. The van der Waals surface area contributed by atoms with E-state index in [0.29, 0.717) is 34.8 Å². The van der Waals surface area contributed by atoms with E-state index in [1.807, 2.05) is 36.4 Å². The number of carbonyl (C=O) groups excluding carboxylic acids is 2. The standard InChI is InChI=1S/C26H29NO6/c1-5-31-25(28)20-15-27(3)16-21(26(29)32-6-2)24(20)19-12-13-22(23(14-19)30-4)33-17-18-10-8-7-9-11-18/h7-16,24H,5-6,17H2,1-4H3. The van der Waals surface area contributed by atoms with E-state index in [9.17, 15) is 9.59 Å². The van der Waals surface area contributed by atoms with Crippen LogP contribution in [0.5, 0.6) is 11.5 Å². The second-order valence-corrected chi connectivity index (χ2v) is 7.39.